The van der Waals surface area contributed by atoms with Crippen molar-refractivity contribution in [3.63, 3.8) is 0 Å². The molecule has 0 fully saturated rings. The van der Waals surface area contributed by atoms with Crippen LogP contribution in [0.15, 0.2) is 78.9 Å². The first kappa shape index (κ1) is 26.9. The van der Waals surface area contributed by atoms with Crippen molar-refractivity contribution in [2.24, 2.45) is 0 Å². The highest BCUT2D eigenvalue weighted by Crippen LogP contribution is 2.22. The maximum absolute atomic E-state index is 13.1. The monoisotopic (exact) mass is 509 g/mol. The Bertz CT molecular complexity index is 1300. The Hall–Kier alpha value is -3.69. The third-order valence-corrected chi connectivity index (χ3v) is 7.04. The van der Waals surface area contributed by atoms with Crippen LogP contribution in [-0.2, 0) is 16.4 Å². The van der Waals surface area contributed by atoms with E-state index >= 15 is 0 Å². The molecule has 0 aromatic heterocycles. The molecule has 2 amide bonds. The van der Waals surface area contributed by atoms with E-state index in [1.54, 1.807) is 0 Å². The Balaban J connectivity index is 1.89. The number of nitrogens with one attached hydrogen (secondary N) is 2. The van der Waals surface area contributed by atoms with Gasteiger partial charge < -0.3 is 15.7 Å². The first-order valence-corrected chi connectivity index (χ1v) is 13.3. The minimum Gasteiger partial charge on any atom is -0.394 e. The van der Waals surface area contributed by atoms with Gasteiger partial charge in [0.15, 0.2) is 0 Å². The molecular formula is C27H31N3O5S. The van der Waals surface area contributed by atoms with Crippen molar-refractivity contribution >= 4 is 27.5 Å². The number of carbonyl (C=O) groups is 2. The number of benzene rings is 3. The van der Waals surface area contributed by atoms with Gasteiger partial charge in [-0.15, -0.1) is 0 Å². The Labute approximate surface area is 212 Å². The number of aliphatic hydroxyl groups excluding tert-OH is 1. The summed E-state index contributed by atoms with van der Waals surface area (Å²) in [6.07, 6.45) is 1.45. The van der Waals surface area contributed by atoms with E-state index in [0.29, 0.717) is 6.42 Å². The summed E-state index contributed by atoms with van der Waals surface area (Å²) < 4.78 is 25.4. The summed E-state index contributed by atoms with van der Waals surface area (Å²) in [6, 6.07) is 22.2. The zero-order valence-corrected chi connectivity index (χ0v) is 21.3. The standard InChI is InChI=1S/C27H31N3O5S/c1-19(21-12-8-5-9-13-21)28-26(32)22-15-23(17-25(16-22)30(2)36(3,34)35)27(33)29-24(18-31)14-20-10-6-4-7-11-20/h4-13,15-17,19,24,31H,14,18H2,1-3H3,(H,28,32)(H,29,33)/t19-,24+/m1/s1. The minimum absolute atomic E-state index is 0.104. The van der Waals surface area contributed by atoms with E-state index in [0.717, 1.165) is 21.7 Å². The maximum Gasteiger partial charge on any atom is 0.251 e. The lowest BCUT2D eigenvalue weighted by Crippen LogP contribution is -2.39. The van der Waals surface area contributed by atoms with Crippen LogP contribution in [0.2, 0.25) is 0 Å². The van der Waals surface area contributed by atoms with Gasteiger partial charge in [0.05, 0.1) is 30.6 Å². The Morgan fingerprint density at radius 3 is 1.94 bits per heavy atom. The summed E-state index contributed by atoms with van der Waals surface area (Å²) in [5, 5.41) is 15.5. The van der Waals surface area contributed by atoms with Gasteiger partial charge in [-0.05, 0) is 42.7 Å². The molecule has 0 aliphatic rings. The highest BCUT2D eigenvalue weighted by molar-refractivity contribution is 7.92. The molecule has 0 bridgehead atoms. The van der Waals surface area contributed by atoms with Gasteiger partial charge in [0, 0.05) is 18.2 Å². The van der Waals surface area contributed by atoms with Gasteiger partial charge in [0.2, 0.25) is 10.0 Å². The van der Waals surface area contributed by atoms with Gasteiger partial charge in [0.1, 0.15) is 0 Å². The van der Waals surface area contributed by atoms with Crippen LogP contribution in [0, 0.1) is 0 Å². The number of hydrogen-bond donors (Lipinski definition) is 3. The van der Waals surface area contributed by atoms with Crippen LogP contribution in [0.25, 0.3) is 0 Å². The van der Waals surface area contributed by atoms with E-state index in [1.165, 1.54) is 25.2 Å². The predicted molar refractivity (Wildman–Crippen MR) is 140 cm³/mol. The van der Waals surface area contributed by atoms with E-state index in [1.807, 2.05) is 67.6 Å². The number of anilines is 1. The van der Waals surface area contributed by atoms with E-state index in [-0.39, 0.29) is 29.5 Å². The number of aliphatic hydroxyl groups is 1. The third-order valence-electron chi connectivity index (χ3n) is 5.83. The van der Waals surface area contributed by atoms with Crippen molar-refractivity contribution in [1.82, 2.24) is 10.6 Å². The Morgan fingerprint density at radius 1 is 0.889 bits per heavy atom. The summed E-state index contributed by atoms with van der Waals surface area (Å²) in [7, 11) is -2.29. The van der Waals surface area contributed by atoms with Gasteiger partial charge >= 0.3 is 0 Å². The molecule has 3 rings (SSSR count). The van der Waals surface area contributed by atoms with Crippen LogP contribution in [-0.4, -0.2) is 51.3 Å². The lowest BCUT2D eigenvalue weighted by Gasteiger charge is -2.21. The van der Waals surface area contributed by atoms with E-state index in [9.17, 15) is 23.1 Å². The van der Waals surface area contributed by atoms with E-state index in [2.05, 4.69) is 10.6 Å². The number of hydrogen-bond acceptors (Lipinski definition) is 5. The molecule has 0 saturated heterocycles. The zero-order valence-electron chi connectivity index (χ0n) is 20.5. The molecule has 0 radical (unpaired) electrons. The summed E-state index contributed by atoms with van der Waals surface area (Å²) in [6.45, 7) is 1.55. The van der Waals surface area contributed by atoms with Gasteiger partial charge in [0.25, 0.3) is 11.8 Å². The van der Waals surface area contributed by atoms with E-state index in [4.69, 9.17) is 0 Å². The van der Waals surface area contributed by atoms with E-state index < -0.39 is 27.9 Å². The molecule has 0 unspecified atom stereocenters. The zero-order chi connectivity index (χ0) is 26.3. The average Bonchev–Trinajstić information content (AvgIpc) is 2.88. The second-order valence-corrected chi connectivity index (χ2v) is 10.7. The highest BCUT2D eigenvalue weighted by atomic mass is 32.2. The lowest BCUT2D eigenvalue weighted by atomic mass is 10.0. The number of rotatable bonds is 10. The summed E-state index contributed by atoms with van der Waals surface area (Å²) in [5.74, 6) is -0.981. The smallest absolute Gasteiger partial charge is 0.251 e. The molecule has 9 heteroatoms. The predicted octanol–water partition coefficient (Wildman–Crippen LogP) is 2.91. The van der Waals surface area contributed by atoms with Crippen molar-refractivity contribution in [3.8, 4) is 0 Å². The van der Waals surface area contributed by atoms with Crippen molar-refractivity contribution in [2.45, 2.75) is 25.4 Å². The fraction of sp³-hybridized carbons (Fsp3) is 0.259. The summed E-state index contributed by atoms with van der Waals surface area (Å²) in [5.41, 5.74) is 2.26. The lowest BCUT2D eigenvalue weighted by molar-refractivity contribution is 0.0916. The minimum atomic E-state index is -3.65. The van der Waals surface area contributed by atoms with Crippen LogP contribution in [0.3, 0.4) is 0 Å². The third kappa shape index (κ3) is 7.16. The van der Waals surface area contributed by atoms with Gasteiger partial charge in [-0.3, -0.25) is 13.9 Å². The number of sulfonamides is 1. The van der Waals surface area contributed by atoms with Gasteiger partial charge in [-0.2, -0.15) is 0 Å². The molecule has 2 atom stereocenters. The highest BCUT2D eigenvalue weighted by Gasteiger charge is 2.21. The summed E-state index contributed by atoms with van der Waals surface area (Å²) >= 11 is 0. The van der Waals surface area contributed by atoms with Crippen molar-refractivity contribution < 1.29 is 23.1 Å². The van der Waals surface area contributed by atoms with Gasteiger partial charge in [-0.25, -0.2) is 8.42 Å². The van der Waals surface area contributed by atoms with Crippen LogP contribution >= 0.6 is 0 Å². The second kappa shape index (κ2) is 11.8. The Morgan fingerprint density at radius 2 is 1.42 bits per heavy atom. The Kier molecular flexibility index (Phi) is 8.84. The molecule has 3 aromatic carbocycles. The van der Waals surface area contributed by atoms with Crippen molar-refractivity contribution in [1.29, 1.82) is 0 Å². The molecule has 0 heterocycles. The van der Waals surface area contributed by atoms with Crippen LogP contribution in [0.5, 0.6) is 0 Å². The molecule has 3 N–H and O–H groups in total. The molecule has 36 heavy (non-hydrogen) atoms. The molecule has 3 aromatic rings. The summed E-state index contributed by atoms with van der Waals surface area (Å²) in [4.78, 5) is 26.2. The average molecular weight is 510 g/mol. The SMILES string of the molecule is C[C@@H](NC(=O)c1cc(C(=O)N[C@H](CO)Cc2ccccc2)cc(N(C)S(C)(=O)=O)c1)c1ccccc1. The van der Waals surface area contributed by atoms with Gasteiger partial charge in [-0.1, -0.05) is 60.7 Å². The molecule has 0 aliphatic heterocycles. The van der Waals surface area contributed by atoms with Crippen LogP contribution in [0.1, 0.15) is 44.8 Å². The fourth-order valence-corrected chi connectivity index (χ4v) is 4.17. The molecule has 0 spiro atoms. The number of nitrogens with zero attached hydrogens (tertiary/aromatic N) is 1. The molecule has 0 aliphatic carbocycles. The van der Waals surface area contributed by atoms with Crippen molar-refractivity contribution in [3.05, 3.63) is 101 Å². The fourth-order valence-electron chi connectivity index (χ4n) is 3.68. The molecule has 8 nitrogen and oxygen atoms in total. The number of carbonyl (C=O) groups excluding carboxylic acids is 2. The first-order chi connectivity index (χ1) is 17.1. The normalized spacial score (nSPS) is 12.9. The largest absolute Gasteiger partial charge is 0.394 e. The first-order valence-electron chi connectivity index (χ1n) is 11.5. The van der Waals surface area contributed by atoms with Crippen LogP contribution < -0.4 is 14.9 Å². The van der Waals surface area contributed by atoms with Crippen molar-refractivity contribution in [2.75, 3.05) is 24.2 Å². The second-order valence-electron chi connectivity index (χ2n) is 8.65. The molecule has 0 saturated carbocycles. The maximum atomic E-state index is 13.1. The number of amides is 2. The topological polar surface area (TPSA) is 116 Å². The molecule has 190 valence electrons. The van der Waals surface area contributed by atoms with Crippen LogP contribution in [0.4, 0.5) is 5.69 Å². The quantitative estimate of drug-likeness (QED) is 0.389. The molecular weight excluding hydrogens is 478 g/mol.